The van der Waals surface area contributed by atoms with Gasteiger partial charge < -0.3 is 4.74 Å². The van der Waals surface area contributed by atoms with Crippen molar-refractivity contribution < 1.29 is 19.2 Å². The Morgan fingerprint density at radius 3 is 2.83 bits per heavy atom. The molecule has 2 heterocycles. The lowest BCUT2D eigenvalue weighted by molar-refractivity contribution is -0.146. The first-order valence-electron chi connectivity index (χ1n) is 9.10. The van der Waals surface area contributed by atoms with Crippen LogP contribution in [0.4, 0.5) is 0 Å². The van der Waals surface area contributed by atoms with Crippen molar-refractivity contribution in [1.82, 2.24) is 19.8 Å². The maximum atomic E-state index is 12.7. The van der Waals surface area contributed by atoms with Crippen molar-refractivity contribution >= 4 is 34.4 Å². The third kappa shape index (κ3) is 3.81. The summed E-state index contributed by atoms with van der Waals surface area (Å²) in [5.41, 5.74) is 2.13. The maximum Gasteiger partial charge on any atom is 0.309 e. The number of rotatable bonds is 6. The second-order valence-corrected chi connectivity index (χ2v) is 7.21. The third-order valence-electron chi connectivity index (χ3n) is 4.83. The molecule has 0 aliphatic heterocycles. The van der Waals surface area contributed by atoms with Crippen LogP contribution in [0.15, 0.2) is 36.7 Å². The highest BCUT2D eigenvalue weighted by atomic mass is 35.5. The number of carbonyl (C=O) groups is 2. The number of hydrogen-bond donors (Lipinski definition) is 0. The van der Waals surface area contributed by atoms with Crippen LogP contribution in [-0.4, -0.2) is 45.9 Å². The SMILES string of the molecule is CON(C)C(=O)c1cnn(-c2ccnc3cc(Cl)ccc23)c1COC(=O)C1CC1. The van der Waals surface area contributed by atoms with Gasteiger partial charge in [-0.1, -0.05) is 11.6 Å². The van der Waals surface area contributed by atoms with Gasteiger partial charge in [0.05, 0.1) is 41.7 Å². The van der Waals surface area contributed by atoms with Crippen molar-refractivity contribution in [2.24, 2.45) is 5.92 Å². The first-order chi connectivity index (χ1) is 14.0. The van der Waals surface area contributed by atoms with Crippen molar-refractivity contribution in [3.05, 3.63) is 52.9 Å². The Balaban J connectivity index is 1.79. The van der Waals surface area contributed by atoms with Crippen molar-refractivity contribution in [3.63, 3.8) is 0 Å². The van der Waals surface area contributed by atoms with Gasteiger partial charge in [-0.05, 0) is 37.1 Å². The van der Waals surface area contributed by atoms with E-state index in [0.717, 1.165) is 23.3 Å². The molecule has 1 aromatic carbocycles. The highest BCUT2D eigenvalue weighted by molar-refractivity contribution is 6.31. The summed E-state index contributed by atoms with van der Waals surface area (Å²) in [5, 5.41) is 6.86. The number of hydroxylamine groups is 2. The molecule has 0 atom stereocenters. The van der Waals surface area contributed by atoms with E-state index in [4.69, 9.17) is 21.2 Å². The number of carbonyl (C=O) groups excluding carboxylic acids is 2. The zero-order valence-electron chi connectivity index (χ0n) is 16.0. The predicted molar refractivity (Wildman–Crippen MR) is 105 cm³/mol. The Morgan fingerprint density at radius 2 is 2.10 bits per heavy atom. The van der Waals surface area contributed by atoms with E-state index in [-0.39, 0.29) is 24.1 Å². The molecular formula is C20H19ClN4O4. The van der Waals surface area contributed by atoms with Gasteiger partial charge in [0.15, 0.2) is 0 Å². The lowest BCUT2D eigenvalue weighted by atomic mass is 10.1. The van der Waals surface area contributed by atoms with Gasteiger partial charge in [0.2, 0.25) is 0 Å². The lowest BCUT2D eigenvalue weighted by Crippen LogP contribution is -2.26. The summed E-state index contributed by atoms with van der Waals surface area (Å²) in [7, 11) is 2.90. The van der Waals surface area contributed by atoms with E-state index in [0.29, 0.717) is 21.9 Å². The summed E-state index contributed by atoms with van der Waals surface area (Å²) in [6, 6.07) is 7.13. The molecule has 29 heavy (non-hydrogen) atoms. The number of amides is 1. The van der Waals surface area contributed by atoms with Crippen LogP contribution in [0.1, 0.15) is 28.9 Å². The number of aromatic nitrogens is 3. The molecule has 0 N–H and O–H groups in total. The summed E-state index contributed by atoms with van der Waals surface area (Å²) >= 11 is 6.08. The number of benzene rings is 1. The average molecular weight is 415 g/mol. The van der Waals surface area contributed by atoms with E-state index in [9.17, 15) is 9.59 Å². The molecule has 8 nitrogen and oxygen atoms in total. The maximum absolute atomic E-state index is 12.7. The number of fused-ring (bicyclic) bond motifs is 1. The van der Waals surface area contributed by atoms with Gasteiger partial charge in [-0.25, -0.2) is 9.75 Å². The number of hydrogen-bond acceptors (Lipinski definition) is 6. The molecule has 0 unspecified atom stereocenters. The third-order valence-corrected chi connectivity index (χ3v) is 5.07. The predicted octanol–water partition coefficient (Wildman–Crippen LogP) is 3.16. The van der Waals surface area contributed by atoms with Gasteiger partial charge in [-0.15, -0.1) is 0 Å². The van der Waals surface area contributed by atoms with Crippen LogP contribution in [0.25, 0.3) is 16.6 Å². The van der Waals surface area contributed by atoms with E-state index in [1.165, 1.54) is 20.4 Å². The summed E-state index contributed by atoms with van der Waals surface area (Å²) in [5.74, 6) is -0.698. The Hall–Kier alpha value is -2.97. The van der Waals surface area contributed by atoms with E-state index in [1.54, 1.807) is 29.1 Å². The van der Waals surface area contributed by atoms with E-state index >= 15 is 0 Å². The summed E-state index contributed by atoms with van der Waals surface area (Å²) in [6.45, 7) is -0.0780. The normalized spacial score (nSPS) is 13.5. The van der Waals surface area contributed by atoms with Gasteiger partial charge in [0.1, 0.15) is 6.61 Å². The topological polar surface area (TPSA) is 86.6 Å². The second kappa shape index (κ2) is 7.81. The molecule has 2 aromatic heterocycles. The first kappa shape index (κ1) is 19.4. The van der Waals surface area contributed by atoms with Crippen molar-refractivity contribution in [2.75, 3.05) is 14.2 Å². The highest BCUT2D eigenvalue weighted by Gasteiger charge is 2.32. The number of pyridine rings is 1. The van der Waals surface area contributed by atoms with E-state index in [2.05, 4.69) is 10.1 Å². The average Bonchev–Trinajstić information content (AvgIpc) is 3.50. The Bertz CT molecular complexity index is 1090. The molecule has 1 fully saturated rings. The molecular weight excluding hydrogens is 396 g/mol. The van der Waals surface area contributed by atoms with Crippen LogP contribution in [0.5, 0.6) is 0 Å². The van der Waals surface area contributed by atoms with E-state index < -0.39 is 5.91 Å². The van der Waals surface area contributed by atoms with Crippen LogP contribution < -0.4 is 0 Å². The fraction of sp³-hybridized carbons (Fsp3) is 0.300. The lowest BCUT2D eigenvalue weighted by Gasteiger charge is -2.15. The Labute approximate surface area is 171 Å². The summed E-state index contributed by atoms with van der Waals surface area (Å²) in [6.07, 6.45) is 4.76. The minimum atomic E-state index is -0.391. The number of esters is 1. The fourth-order valence-corrected chi connectivity index (χ4v) is 3.19. The van der Waals surface area contributed by atoms with Gasteiger partial charge in [-0.2, -0.15) is 5.10 Å². The summed E-state index contributed by atoms with van der Waals surface area (Å²) in [4.78, 5) is 34.1. The standard InChI is InChI=1S/C20H19ClN4O4/c1-24(28-2)19(26)15-10-23-25(18(15)11-29-20(27)12-3-4-12)17-7-8-22-16-9-13(21)5-6-14(16)17/h5-10,12H,3-4,11H2,1-2H3. The summed E-state index contributed by atoms with van der Waals surface area (Å²) < 4.78 is 7.05. The van der Waals surface area contributed by atoms with Crippen molar-refractivity contribution in [1.29, 1.82) is 0 Å². The Kier molecular flexibility index (Phi) is 5.21. The van der Waals surface area contributed by atoms with Crippen LogP contribution >= 0.6 is 11.6 Å². The fourth-order valence-electron chi connectivity index (χ4n) is 3.02. The smallest absolute Gasteiger partial charge is 0.309 e. The van der Waals surface area contributed by atoms with Crippen LogP contribution in [-0.2, 0) is 21.0 Å². The van der Waals surface area contributed by atoms with Crippen LogP contribution in [0, 0.1) is 5.92 Å². The van der Waals surface area contributed by atoms with Gasteiger partial charge >= 0.3 is 5.97 Å². The molecule has 0 radical (unpaired) electrons. The molecule has 1 amide bonds. The van der Waals surface area contributed by atoms with Gasteiger partial charge in [0.25, 0.3) is 5.91 Å². The first-order valence-corrected chi connectivity index (χ1v) is 9.47. The molecule has 1 saturated carbocycles. The van der Waals surface area contributed by atoms with Crippen LogP contribution in [0.2, 0.25) is 5.02 Å². The number of nitrogens with zero attached hydrogens (tertiary/aromatic N) is 4. The quantitative estimate of drug-likeness (QED) is 0.455. The minimum absolute atomic E-state index is 0.0453. The number of ether oxygens (including phenoxy) is 1. The molecule has 4 rings (SSSR count). The molecule has 0 spiro atoms. The van der Waals surface area contributed by atoms with E-state index in [1.807, 2.05) is 6.07 Å². The van der Waals surface area contributed by atoms with Crippen molar-refractivity contribution in [3.8, 4) is 5.69 Å². The monoisotopic (exact) mass is 414 g/mol. The Morgan fingerprint density at radius 1 is 1.31 bits per heavy atom. The van der Waals surface area contributed by atoms with Crippen LogP contribution in [0.3, 0.4) is 0 Å². The molecule has 0 bridgehead atoms. The van der Waals surface area contributed by atoms with Crippen molar-refractivity contribution in [2.45, 2.75) is 19.4 Å². The minimum Gasteiger partial charge on any atom is -0.459 e. The van der Waals surface area contributed by atoms with Gasteiger partial charge in [-0.3, -0.25) is 19.4 Å². The zero-order valence-corrected chi connectivity index (χ0v) is 16.7. The number of halogens is 1. The molecule has 9 heteroatoms. The zero-order chi connectivity index (χ0) is 20.5. The second-order valence-electron chi connectivity index (χ2n) is 6.78. The highest BCUT2D eigenvalue weighted by Crippen LogP contribution is 2.31. The molecule has 1 aliphatic carbocycles. The molecule has 3 aromatic rings. The molecule has 1 aliphatic rings. The molecule has 150 valence electrons. The van der Waals surface area contributed by atoms with Gasteiger partial charge in [0, 0.05) is 23.7 Å². The largest absolute Gasteiger partial charge is 0.459 e. The molecule has 0 saturated heterocycles.